The Kier molecular flexibility index (Phi) is 8.12. The molecule has 0 aliphatic rings. The van der Waals surface area contributed by atoms with Crippen molar-refractivity contribution in [3.05, 3.63) is 58.7 Å². The fourth-order valence-electron chi connectivity index (χ4n) is 4.05. The van der Waals surface area contributed by atoms with Crippen LogP contribution in [0.15, 0.2) is 47.4 Å². The van der Waals surface area contributed by atoms with Crippen LogP contribution in [0, 0.1) is 0 Å². The number of nitrogens with zero attached hydrogens (tertiary/aromatic N) is 5. The Morgan fingerprint density at radius 2 is 1.70 bits per heavy atom. The Hall–Kier alpha value is -3.66. The third kappa shape index (κ3) is 5.63. The lowest BCUT2D eigenvalue weighted by atomic mass is 10.1. The van der Waals surface area contributed by atoms with Crippen molar-refractivity contribution in [2.75, 3.05) is 31.0 Å². The van der Waals surface area contributed by atoms with Crippen LogP contribution in [0.5, 0.6) is 11.5 Å². The summed E-state index contributed by atoms with van der Waals surface area (Å²) < 4.78 is 66.0. The van der Waals surface area contributed by atoms with Crippen LogP contribution in [-0.2, 0) is 26.9 Å². The first kappa shape index (κ1) is 29.3. The number of hydrogen-bond donors (Lipinski definition) is 2. The molecule has 1 atom stereocenters. The van der Waals surface area contributed by atoms with Gasteiger partial charge in [0.15, 0.2) is 15.7 Å². The van der Waals surface area contributed by atoms with E-state index in [1.54, 1.807) is 25.2 Å². The van der Waals surface area contributed by atoms with Gasteiger partial charge < -0.3 is 14.6 Å². The molecule has 16 heteroatoms. The van der Waals surface area contributed by atoms with Crippen LogP contribution in [0.25, 0.3) is 17.2 Å². The highest BCUT2D eigenvalue weighted by atomic mass is 35.5. The molecule has 0 aliphatic carbocycles. The zero-order chi connectivity index (χ0) is 29.4. The van der Waals surface area contributed by atoms with Gasteiger partial charge in [-0.1, -0.05) is 23.7 Å². The van der Waals surface area contributed by atoms with Crippen LogP contribution in [0.1, 0.15) is 24.3 Å². The van der Waals surface area contributed by atoms with Gasteiger partial charge in [0.25, 0.3) is 0 Å². The van der Waals surface area contributed by atoms with Gasteiger partial charge in [-0.05, 0) is 37.3 Å². The van der Waals surface area contributed by atoms with Crippen molar-refractivity contribution in [3.8, 4) is 28.7 Å². The molecular formula is C24H27ClN6O7S2. The molecule has 2 aromatic carbocycles. The Bertz CT molecular complexity index is 1760. The van der Waals surface area contributed by atoms with Crippen molar-refractivity contribution in [2.24, 2.45) is 7.05 Å². The van der Waals surface area contributed by atoms with Crippen molar-refractivity contribution in [1.29, 1.82) is 0 Å². The van der Waals surface area contributed by atoms with Crippen molar-refractivity contribution < 1.29 is 31.4 Å². The van der Waals surface area contributed by atoms with Crippen LogP contribution < -0.4 is 14.2 Å². The second-order valence-corrected chi connectivity index (χ2v) is 13.1. The number of benzene rings is 2. The van der Waals surface area contributed by atoms with Gasteiger partial charge in [0.1, 0.15) is 29.0 Å². The van der Waals surface area contributed by atoms with E-state index in [4.69, 9.17) is 21.1 Å². The zero-order valence-electron chi connectivity index (χ0n) is 22.2. The van der Waals surface area contributed by atoms with Gasteiger partial charge >= 0.3 is 0 Å². The summed E-state index contributed by atoms with van der Waals surface area (Å²) in [5, 5.41) is 24.2. The van der Waals surface area contributed by atoms with Crippen LogP contribution in [0.4, 0.5) is 5.95 Å². The molecule has 4 aromatic rings. The number of hydrogen-bond acceptors (Lipinski definition) is 10. The second-order valence-electron chi connectivity index (χ2n) is 8.63. The molecular weight excluding hydrogens is 584 g/mol. The normalized spacial score (nSPS) is 12.8. The fourth-order valence-corrected chi connectivity index (χ4v) is 5.79. The number of aliphatic hydroxyl groups excluding tert-OH is 1. The van der Waals surface area contributed by atoms with Gasteiger partial charge in [0.2, 0.25) is 16.0 Å². The van der Waals surface area contributed by atoms with E-state index in [2.05, 4.69) is 20.0 Å². The lowest BCUT2D eigenvalue weighted by molar-refractivity contribution is 0.206. The van der Waals surface area contributed by atoms with Gasteiger partial charge in [-0.3, -0.25) is 14.0 Å². The molecule has 2 heterocycles. The van der Waals surface area contributed by atoms with Crippen molar-refractivity contribution in [2.45, 2.75) is 17.9 Å². The van der Waals surface area contributed by atoms with Crippen LogP contribution >= 0.6 is 11.6 Å². The van der Waals surface area contributed by atoms with Gasteiger partial charge in [-0.15, -0.1) is 10.2 Å². The molecule has 13 nitrogen and oxygen atoms in total. The first-order valence-corrected chi connectivity index (χ1v) is 15.6. The minimum absolute atomic E-state index is 0.0881. The van der Waals surface area contributed by atoms with Gasteiger partial charge in [0, 0.05) is 23.9 Å². The van der Waals surface area contributed by atoms with E-state index in [1.807, 2.05) is 0 Å². The number of para-hydroxylation sites is 1. The monoisotopic (exact) mass is 610 g/mol. The first-order valence-electron chi connectivity index (χ1n) is 11.7. The number of aromatic nitrogens is 5. The number of ether oxygens (including phenoxy) is 2. The van der Waals surface area contributed by atoms with E-state index in [1.165, 1.54) is 54.7 Å². The Labute approximate surface area is 236 Å². The number of rotatable bonds is 10. The molecule has 2 N–H and O–H groups in total. The number of aryl methyl sites for hydroxylation is 1. The molecule has 0 fully saturated rings. The van der Waals surface area contributed by atoms with Gasteiger partial charge in [-0.2, -0.15) is 5.10 Å². The molecule has 0 radical (unpaired) electrons. The topological polar surface area (TPSA) is 168 Å². The second kappa shape index (κ2) is 11.1. The number of sulfone groups is 1. The molecule has 2 aromatic heterocycles. The Morgan fingerprint density at radius 3 is 2.27 bits per heavy atom. The van der Waals surface area contributed by atoms with Crippen LogP contribution in [0.2, 0.25) is 5.02 Å². The maximum absolute atomic E-state index is 12.5. The number of methoxy groups -OCH3 is 2. The third-order valence-corrected chi connectivity index (χ3v) is 8.65. The third-order valence-electron chi connectivity index (χ3n) is 6.01. The lowest BCUT2D eigenvalue weighted by Gasteiger charge is -2.17. The molecule has 0 aliphatic heterocycles. The van der Waals surface area contributed by atoms with E-state index in [9.17, 15) is 21.9 Å². The first-order chi connectivity index (χ1) is 18.8. The molecule has 4 rings (SSSR count). The molecule has 0 saturated carbocycles. The van der Waals surface area contributed by atoms with E-state index in [-0.39, 0.29) is 44.4 Å². The van der Waals surface area contributed by atoms with E-state index in [0.29, 0.717) is 17.2 Å². The Morgan fingerprint density at radius 1 is 1.05 bits per heavy atom. The molecule has 0 unspecified atom stereocenters. The summed E-state index contributed by atoms with van der Waals surface area (Å²) in [6.45, 7) is 1.47. The number of aliphatic hydroxyl groups is 1. The average molecular weight is 611 g/mol. The summed E-state index contributed by atoms with van der Waals surface area (Å²) in [7, 11) is -3.06. The standard InChI is InChI=1S/C24H27ClN6O7S2/c1-6-40(35,36)29-24-27-26-23(31(24)21-18(37-3)8-7-9-19(21)38-4)16-13-17(30(2)28-16)22(32)15-11-10-14(25)12-20(15)39(5,33)34/h7-13,22,32H,6H2,1-5H3,(H,27,29)/t22-/m1/s1. The zero-order valence-corrected chi connectivity index (χ0v) is 24.5. The highest BCUT2D eigenvalue weighted by Crippen LogP contribution is 2.38. The van der Waals surface area contributed by atoms with E-state index in [0.717, 1.165) is 6.26 Å². The number of sulfonamides is 1. The summed E-state index contributed by atoms with van der Waals surface area (Å²) in [4.78, 5) is -0.131. The summed E-state index contributed by atoms with van der Waals surface area (Å²) in [5.41, 5.74) is 0.810. The molecule has 0 spiro atoms. The predicted octanol–water partition coefficient (Wildman–Crippen LogP) is 2.59. The summed E-state index contributed by atoms with van der Waals surface area (Å²) in [6, 6.07) is 10.7. The molecule has 214 valence electrons. The number of nitrogens with one attached hydrogen (secondary N) is 1. The molecule has 0 amide bonds. The maximum atomic E-state index is 12.5. The van der Waals surface area contributed by atoms with E-state index >= 15 is 0 Å². The van der Waals surface area contributed by atoms with Crippen LogP contribution in [-0.4, -0.2) is 72.7 Å². The maximum Gasteiger partial charge on any atom is 0.243 e. The highest BCUT2D eigenvalue weighted by molar-refractivity contribution is 7.92. The molecule has 40 heavy (non-hydrogen) atoms. The smallest absolute Gasteiger partial charge is 0.243 e. The SMILES string of the molecule is CCS(=O)(=O)Nc1nnc(-c2cc([C@H](O)c3ccc(Cl)cc3S(C)(=O)=O)n(C)n2)n1-c1c(OC)cccc1OC. The van der Waals surface area contributed by atoms with Crippen LogP contribution in [0.3, 0.4) is 0 Å². The number of halogens is 1. The van der Waals surface area contributed by atoms with Crippen molar-refractivity contribution >= 4 is 37.4 Å². The van der Waals surface area contributed by atoms with E-state index < -0.39 is 26.0 Å². The summed E-state index contributed by atoms with van der Waals surface area (Å²) in [5.74, 6) is 0.372. The molecule has 0 bridgehead atoms. The minimum Gasteiger partial charge on any atom is -0.494 e. The van der Waals surface area contributed by atoms with Gasteiger partial charge in [-0.25, -0.2) is 16.8 Å². The Balaban J connectivity index is 1.93. The summed E-state index contributed by atoms with van der Waals surface area (Å²) >= 11 is 6.02. The predicted molar refractivity (Wildman–Crippen MR) is 148 cm³/mol. The lowest BCUT2D eigenvalue weighted by Crippen LogP contribution is -2.18. The summed E-state index contributed by atoms with van der Waals surface area (Å²) in [6.07, 6.45) is -0.394. The average Bonchev–Trinajstić information content (AvgIpc) is 3.49. The fraction of sp³-hybridized carbons (Fsp3) is 0.292. The molecule has 0 saturated heterocycles. The van der Waals surface area contributed by atoms with Crippen molar-refractivity contribution in [1.82, 2.24) is 24.5 Å². The quantitative estimate of drug-likeness (QED) is 0.272. The largest absolute Gasteiger partial charge is 0.494 e. The minimum atomic E-state index is -3.77. The number of anilines is 1. The highest BCUT2D eigenvalue weighted by Gasteiger charge is 2.28. The van der Waals surface area contributed by atoms with Crippen molar-refractivity contribution in [3.63, 3.8) is 0 Å². The van der Waals surface area contributed by atoms with Gasteiger partial charge in [0.05, 0.1) is 30.6 Å².